The van der Waals surface area contributed by atoms with E-state index >= 15 is 0 Å². The zero-order chi connectivity index (χ0) is 12.7. The molecule has 2 aromatic rings. The van der Waals surface area contributed by atoms with Gasteiger partial charge >= 0.3 is 5.97 Å². The SMILES string of the molecule is O=C(O)[C@H]1C[C@H]1C(=O)Nc1ccc2cn[nH]c2c1. The summed E-state index contributed by atoms with van der Waals surface area (Å²) in [6, 6.07) is 5.39. The van der Waals surface area contributed by atoms with Crippen molar-refractivity contribution in [2.24, 2.45) is 11.8 Å². The van der Waals surface area contributed by atoms with Gasteiger partial charge in [0.1, 0.15) is 0 Å². The number of aromatic nitrogens is 2. The van der Waals surface area contributed by atoms with Gasteiger partial charge in [0.2, 0.25) is 5.91 Å². The summed E-state index contributed by atoms with van der Waals surface area (Å²) in [4.78, 5) is 22.4. The smallest absolute Gasteiger partial charge is 0.307 e. The number of hydrogen-bond acceptors (Lipinski definition) is 3. The van der Waals surface area contributed by atoms with Crippen LogP contribution < -0.4 is 5.32 Å². The van der Waals surface area contributed by atoms with Crippen molar-refractivity contribution in [2.45, 2.75) is 6.42 Å². The highest BCUT2D eigenvalue weighted by Gasteiger charge is 2.48. The molecule has 6 heteroatoms. The standard InChI is InChI=1S/C12H11N3O3/c16-11(8-4-9(8)12(17)18)14-7-2-1-6-5-13-15-10(6)3-7/h1-3,5,8-9H,4H2,(H,13,15)(H,14,16)(H,17,18)/t8-,9+/m1/s1. The van der Waals surface area contributed by atoms with Crippen molar-refractivity contribution in [3.63, 3.8) is 0 Å². The van der Waals surface area contributed by atoms with Crippen LogP contribution in [0.15, 0.2) is 24.4 Å². The lowest BCUT2D eigenvalue weighted by Gasteiger charge is -2.04. The average Bonchev–Trinajstić information content (AvgIpc) is 3.02. The van der Waals surface area contributed by atoms with Crippen LogP contribution in [0.25, 0.3) is 10.9 Å². The van der Waals surface area contributed by atoms with Crippen molar-refractivity contribution in [1.82, 2.24) is 10.2 Å². The van der Waals surface area contributed by atoms with Crippen molar-refractivity contribution in [2.75, 3.05) is 5.32 Å². The second-order valence-corrected chi connectivity index (χ2v) is 4.45. The molecule has 18 heavy (non-hydrogen) atoms. The number of hydrogen-bond donors (Lipinski definition) is 3. The summed E-state index contributed by atoms with van der Waals surface area (Å²) < 4.78 is 0. The fourth-order valence-electron chi connectivity index (χ4n) is 2.01. The van der Waals surface area contributed by atoms with Crippen molar-refractivity contribution >= 4 is 28.5 Å². The molecule has 0 bridgehead atoms. The summed E-state index contributed by atoms with van der Waals surface area (Å²) in [5, 5.41) is 19.1. The number of carboxylic acid groups (broad SMARTS) is 1. The number of rotatable bonds is 3. The zero-order valence-corrected chi connectivity index (χ0v) is 9.38. The van der Waals surface area contributed by atoms with Gasteiger partial charge in [-0.25, -0.2) is 0 Å². The summed E-state index contributed by atoms with van der Waals surface area (Å²) in [6.07, 6.45) is 2.12. The molecule has 1 heterocycles. The lowest BCUT2D eigenvalue weighted by atomic mass is 10.2. The minimum Gasteiger partial charge on any atom is -0.481 e. The Morgan fingerprint density at radius 3 is 2.94 bits per heavy atom. The van der Waals surface area contributed by atoms with Crippen LogP contribution in [0, 0.1) is 11.8 Å². The minimum atomic E-state index is -0.904. The van der Waals surface area contributed by atoms with E-state index in [1.807, 2.05) is 6.07 Å². The molecule has 1 aromatic heterocycles. The highest BCUT2D eigenvalue weighted by atomic mass is 16.4. The maximum atomic E-state index is 11.8. The van der Waals surface area contributed by atoms with E-state index < -0.39 is 17.8 Å². The molecule has 0 saturated heterocycles. The number of H-pyrrole nitrogens is 1. The Morgan fingerprint density at radius 1 is 1.39 bits per heavy atom. The molecule has 1 aromatic carbocycles. The van der Waals surface area contributed by atoms with Crippen molar-refractivity contribution in [3.05, 3.63) is 24.4 Å². The molecule has 0 spiro atoms. The van der Waals surface area contributed by atoms with Crippen LogP contribution in [0.3, 0.4) is 0 Å². The Bertz CT molecular complexity index is 634. The van der Waals surface area contributed by atoms with Gasteiger partial charge in [-0.2, -0.15) is 5.10 Å². The normalized spacial score (nSPS) is 21.8. The number of aliphatic carboxylic acids is 1. The Balaban J connectivity index is 1.72. The monoisotopic (exact) mass is 245 g/mol. The van der Waals surface area contributed by atoms with Crippen LogP contribution >= 0.6 is 0 Å². The number of nitrogens with zero attached hydrogens (tertiary/aromatic N) is 1. The number of benzene rings is 1. The third-order valence-corrected chi connectivity index (χ3v) is 3.15. The molecule has 0 aliphatic heterocycles. The van der Waals surface area contributed by atoms with E-state index in [1.165, 1.54) is 0 Å². The molecule has 1 aliphatic rings. The molecule has 3 N–H and O–H groups in total. The highest BCUT2D eigenvalue weighted by Crippen LogP contribution is 2.39. The summed E-state index contributed by atoms with van der Waals surface area (Å²) in [6.45, 7) is 0. The van der Waals surface area contributed by atoms with Crippen molar-refractivity contribution in [1.29, 1.82) is 0 Å². The van der Waals surface area contributed by atoms with Crippen LogP contribution in [-0.4, -0.2) is 27.2 Å². The predicted octanol–water partition coefficient (Wildman–Crippen LogP) is 1.22. The topological polar surface area (TPSA) is 95.1 Å². The minimum absolute atomic E-state index is 0.235. The lowest BCUT2D eigenvalue weighted by Crippen LogP contribution is -2.16. The Labute approximate surface area is 102 Å². The van der Waals surface area contributed by atoms with Gasteiger partial charge in [0, 0.05) is 11.1 Å². The fraction of sp³-hybridized carbons (Fsp3) is 0.250. The van der Waals surface area contributed by atoms with Crippen LogP contribution in [0.1, 0.15) is 6.42 Å². The summed E-state index contributed by atoms with van der Waals surface area (Å²) >= 11 is 0. The van der Waals surface area contributed by atoms with E-state index in [4.69, 9.17) is 5.11 Å². The van der Waals surface area contributed by atoms with E-state index in [9.17, 15) is 9.59 Å². The van der Waals surface area contributed by atoms with Gasteiger partial charge in [0.25, 0.3) is 0 Å². The van der Waals surface area contributed by atoms with E-state index in [0.717, 1.165) is 10.9 Å². The molecular formula is C12H11N3O3. The molecule has 0 unspecified atom stereocenters. The third-order valence-electron chi connectivity index (χ3n) is 3.15. The third kappa shape index (κ3) is 1.81. The van der Waals surface area contributed by atoms with Gasteiger partial charge < -0.3 is 10.4 Å². The largest absolute Gasteiger partial charge is 0.481 e. The summed E-state index contributed by atoms with van der Waals surface area (Å²) in [5.41, 5.74) is 1.48. The fourth-order valence-corrected chi connectivity index (χ4v) is 2.01. The highest BCUT2D eigenvalue weighted by molar-refractivity contribution is 5.99. The van der Waals surface area contributed by atoms with Crippen LogP contribution in [0.4, 0.5) is 5.69 Å². The molecule has 1 aliphatic carbocycles. The number of amides is 1. The molecule has 6 nitrogen and oxygen atoms in total. The molecule has 0 radical (unpaired) electrons. The maximum absolute atomic E-state index is 11.8. The number of nitrogens with one attached hydrogen (secondary N) is 2. The first-order valence-corrected chi connectivity index (χ1v) is 5.62. The molecular weight excluding hydrogens is 234 g/mol. The predicted molar refractivity (Wildman–Crippen MR) is 64.0 cm³/mol. The molecule has 1 saturated carbocycles. The van der Waals surface area contributed by atoms with Crippen molar-refractivity contribution < 1.29 is 14.7 Å². The second kappa shape index (κ2) is 3.83. The first kappa shape index (κ1) is 10.8. The first-order valence-electron chi connectivity index (χ1n) is 5.62. The molecule has 92 valence electrons. The van der Waals surface area contributed by atoms with E-state index in [2.05, 4.69) is 15.5 Å². The molecule has 3 rings (SSSR count). The first-order chi connectivity index (χ1) is 8.65. The summed E-state index contributed by atoms with van der Waals surface area (Å²) in [5.74, 6) is -2.07. The Kier molecular flexibility index (Phi) is 2.29. The number of fused-ring (bicyclic) bond motifs is 1. The van der Waals surface area contributed by atoms with E-state index in [0.29, 0.717) is 12.1 Å². The van der Waals surface area contributed by atoms with Crippen LogP contribution in [0.2, 0.25) is 0 Å². The quantitative estimate of drug-likeness (QED) is 0.757. The van der Waals surface area contributed by atoms with Gasteiger partial charge in [0.05, 0.1) is 23.5 Å². The van der Waals surface area contributed by atoms with Crippen LogP contribution in [0.5, 0.6) is 0 Å². The van der Waals surface area contributed by atoms with Gasteiger partial charge in [-0.3, -0.25) is 14.7 Å². The van der Waals surface area contributed by atoms with Gasteiger partial charge in [-0.05, 0) is 24.6 Å². The summed E-state index contributed by atoms with van der Waals surface area (Å²) in [7, 11) is 0. The lowest BCUT2D eigenvalue weighted by molar-refractivity contribution is -0.139. The Morgan fingerprint density at radius 2 is 2.22 bits per heavy atom. The molecule has 1 fully saturated rings. The zero-order valence-electron chi connectivity index (χ0n) is 9.38. The molecule has 2 atom stereocenters. The van der Waals surface area contributed by atoms with E-state index in [1.54, 1.807) is 18.3 Å². The number of anilines is 1. The average molecular weight is 245 g/mol. The molecule has 1 amide bonds. The van der Waals surface area contributed by atoms with Gasteiger partial charge in [-0.1, -0.05) is 0 Å². The number of carbonyl (C=O) groups excluding carboxylic acids is 1. The maximum Gasteiger partial charge on any atom is 0.307 e. The van der Waals surface area contributed by atoms with Crippen LogP contribution in [-0.2, 0) is 9.59 Å². The second-order valence-electron chi connectivity index (χ2n) is 4.45. The van der Waals surface area contributed by atoms with E-state index in [-0.39, 0.29) is 5.91 Å². The number of carbonyl (C=O) groups is 2. The van der Waals surface area contributed by atoms with Crippen molar-refractivity contribution in [3.8, 4) is 0 Å². The number of aromatic amines is 1. The van der Waals surface area contributed by atoms with Gasteiger partial charge in [0.15, 0.2) is 0 Å². The number of carboxylic acids is 1. The van der Waals surface area contributed by atoms with Gasteiger partial charge in [-0.15, -0.1) is 0 Å². The Hall–Kier alpha value is -2.37.